The molecule has 1 aromatic carbocycles. The molecule has 6 nitrogen and oxygen atoms in total. The summed E-state index contributed by atoms with van der Waals surface area (Å²) >= 11 is 0. The first-order valence-electron chi connectivity index (χ1n) is 6.39. The Kier molecular flexibility index (Phi) is 4.37. The number of carbonyl (C=O) groups is 1. The zero-order valence-corrected chi connectivity index (χ0v) is 12.4. The fourth-order valence-corrected chi connectivity index (χ4v) is 1.80. The zero-order valence-electron chi connectivity index (χ0n) is 12.4. The number of nitrogens with zero attached hydrogens (tertiary/aromatic N) is 2. The van der Waals surface area contributed by atoms with Crippen molar-refractivity contribution >= 4 is 17.6 Å². The monoisotopic (exact) mass is 287 g/mol. The van der Waals surface area contributed by atoms with E-state index in [0.717, 1.165) is 16.8 Å². The Bertz CT molecular complexity index is 671. The summed E-state index contributed by atoms with van der Waals surface area (Å²) in [5, 5.41) is 3.10. The number of methoxy groups -OCH3 is 2. The first-order valence-corrected chi connectivity index (χ1v) is 6.39. The van der Waals surface area contributed by atoms with Crippen molar-refractivity contribution in [1.29, 1.82) is 0 Å². The number of rotatable bonds is 4. The van der Waals surface area contributed by atoms with Gasteiger partial charge in [0.1, 0.15) is 0 Å². The molecule has 1 N–H and O–H groups in total. The van der Waals surface area contributed by atoms with Gasteiger partial charge in [0.05, 0.1) is 14.2 Å². The van der Waals surface area contributed by atoms with Crippen LogP contribution in [-0.4, -0.2) is 30.2 Å². The van der Waals surface area contributed by atoms with Gasteiger partial charge >= 0.3 is 5.97 Å². The normalized spacial score (nSPS) is 10.1. The third-order valence-electron chi connectivity index (χ3n) is 3.16. The average molecular weight is 287 g/mol. The van der Waals surface area contributed by atoms with Gasteiger partial charge < -0.3 is 14.8 Å². The molecule has 0 radical (unpaired) electrons. The third-order valence-corrected chi connectivity index (χ3v) is 3.16. The van der Waals surface area contributed by atoms with Crippen LogP contribution in [0.25, 0.3) is 0 Å². The molecule has 2 aromatic rings. The van der Waals surface area contributed by atoms with Crippen LogP contribution < -0.4 is 10.1 Å². The van der Waals surface area contributed by atoms with E-state index in [4.69, 9.17) is 4.74 Å². The number of ether oxygens (including phenoxy) is 2. The summed E-state index contributed by atoms with van der Waals surface area (Å²) in [6, 6.07) is 7.31. The Hall–Kier alpha value is -2.63. The van der Waals surface area contributed by atoms with E-state index in [-0.39, 0.29) is 11.6 Å². The highest BCUT2D eigenvalue weighted by Gasteiger charge is 2.13. The summed E-state index contributed by atoms with van der Waals surface area (Å²) < 4.78 is 9.75. The number of carbonyl (C=O) groups excluding carboxylic acids is 1. The van der Waals surface area contributed by atoms with Crippen LogP contribution in [0.3, 0.4) is 0 Å². The average Bonchev–Trinajstić information content (AvgIpc) is 2.50. The lowest BCUT2D eigenvalue weighted by Crippen LogP contribution is -2.09. The summed E-state index contributed by atoms with van der Waals surface area (Å²) in [7, 11) is 2.78. The molecule has 0 atom stereocenters. The Labute approximate surface area is 123 Å². The van der Waals surface area contributed by atoms with Crippen molar-refractivity contribution in [3.8, 4) is 5.88 Å². The van der Waals surface area contributed by atoms with E-state index in [1.54, 1.807) is 0 Å². The van der Waals surface area contributed by atoms with Crippen molar-refractivity contribution in [2.75, 3.05) is 19.5 Å². The fourth-order valence-electron chi connectivity index (χ4n) is 1.80. The topological polar surface area (TPSA) is 73.3 Å². The number of hydrogen-bond acceptors (Lipinski definition) is 6. The van der Waals surface area contributed by atoms with Crippen LogP contribution in [0, 0.1) is 13.8 Å². The number of benzene rings is 1. The van der Waals surface area contributed by atoms with Crippen LogP contribution >= 0.6 is 0 Å². The van der Waals surface area contributed by atoms with Crippen LogP contribution in [0.2, 0.25) is 0 Å². The molecule has 110 valence electrons. The van der Waals surface area contributed by atoms with Crippen molar-refractivity contribution < 1.29 is 14.3 Å². The molecule has 0 aliphatic rings. The Morgan fingerprint density at radius 2 is 1.95 bits per heavy atom. The lowest BCUT2D eigenvalue weighted by Gasteiger charge is -2.11. The molecule has 0 aliphatic heterocycles. The minimum Gasteiger partial charge on any atom is -0.481 e. The molecule has 21 heavy (non-hydrogen) atoms. The largest absolute Gasteiger partial charge is 0.481 e. The predicted molar refractivity (Wildman–Crippen MR) is 79.1 cm³/mol. The van der Waals surface area contributed by atoms with Crippen LogP contribution in [-0.2, 0) is 4.74 Å². The van der Waals surface area contributed by atoms with E-state index in [1.807, 2.05) is 32.0 Å². The Balaban J connectivity index is 2.39. The van der Waals surface area contributed by atoms with Crippen LogP contribution in [0.4, 0.5) is 11.6 Å². The summed E-state index contributed by atoms with van der Waals surface area (Å²) in [6.07, 6.45) is 0. The molecule has 0 bridgehead atoms. The van der Waals surface area contributed by atoms with Gasteiger partial charge in [-0.05, 0) is 31.0 Å². The molecule has 1 heterocycles. The Morgan fingerprint density at radius 1 is 1.19 bits per heavy atom. The van der Waals surface area contributed by atoms with Crippen LogP contribution in [0.15, 0.2) is 24.3 Å². The van der Waals surface area contributed by atoms with E-state index in [9.17, 15) is 4.79 Å². The number of hydrogen-bond donors (Lipinski definition) is 1. The van der Waals surface area contributed by atoms with Crippen molar-refractivity contribution in [2.24, 2.45) is 0 Å². The number of aryl methyl sites for hydroxylation is 1. The van der Waals surface area contributed by atoms with Crippen molar-refractivity contribution in [2.45, 2.75) is 13.8 Å². The number of esters is 1. The molecule has 0 aliphatic carbocycles. The second kappa shape index (κ2) is 6.21. The van der Waals surface area contributed by atoms with E-state index >= 15 is 0 Å². The summed E-state index contributed by atoms with van der Waals surface area (Å²) in [6.45, 7) is 4.02. The molecular weight excluding hydrogens is 270 g/mol. The van der Waals surface area contributed by atoms with Gasteiger partial charge in [0.15, 0.2) is 5.69 Å². The summed E-state index contributed by atoms with van der Waals surface area (Å²) in [5.74, 6) is 0.0290. The first-order chi connectivity index (χ1) is 10.0. The first kappa shape index (κ1) is 14.8. The molecule has 6 heteroatoms. The number of nitrogens with one attached hydrogen (secondary N) is 1. The lowest BCUT2D eigenvalue weighted by molar-refractivity contribution is 0.0593. The summed E-state index contributed by atoms with van der Waals surface area (Å²) in [4.78, 5) is 19.9. The third kappa shape index (κ3) is 3.28. The lowest BCUT2D eigenvalue weighted by atomic mass is 10.1. The SMILES string of the molecule is COC(=O)c1cc(OC)nc(Nc2cccc(C)c2C)n1. The molecule has 0 unspecified atom stereocenters. The number of aromatic nitrogens is 2. The van der Waals surface area contributed by atoms with Crippen molar-refractivity contribution in [1.82, 2.24) is 9.97 Å². The molecular formula is C15H17N3O3. The van der Waals surface area contributed by atoms with Gasteiger partial charge in [-0.25, -0.2) is 9.78 Å². The second-order valence-corrected chi connectivity index (χ2v) is 4.48. The van der Waals surface area contributed by atoms with Crippen molar-refractivity contribution in [3.63, 3.8) is 0 Å². The van der Waals surface area contributed by atoms with Gasteiger partial charge in [-0.1, -0.05) is 12.1 Å². The fraction of sp³-hybridized carbons (Fsp3) is 0.267. The van der Waals surface area contributed by atoms with Gasteiger partial charge in [-0.3, -0.25) is 0 Å². The maximum Gasteiger partial charge on any atom is 0.357 e. The molecule has 0 amide bonds. The quantitative estimate of drug-likeness (QED) is 0.871. The predicted octanol–water partition coefficient (Wildman–Crippen LogP) is 2.63. The van der Waals surface area contributed by atoms with Gasteiger partial charge in [0, 0.05) is 11.8 Å². The molecule has 0 spiro atoms. The molecule has 0 saturated carbocycles. The van der Waals surface area contributed by atoms with Gasteiger partial charge in [0.2, 0.25) is 11.8 Å². The Morgan fingerprint density at radius 3 is 2.62 bits per heavy atom. The molecule has 1 aromatic heterocycles. The standard InChI is InChI=1S/C15H17N3O3/c1-9-6-5-7-11(10(9)2)16-15-17-12(14(19)21-4)8-13(18-15)20-3/h5-8H,1-4H3,(H,16,17,18). The van der Waals surface area contributed by atoms with E-state index in [1.165, 1.54) is 20.3 Å². The van der Waals surface area contributed by atoms with E-state index in [2.05, 4.69) is 20.0 Å². The van der Waals surface area contributed by atoms with Gasteiger partial charge in [0.25, 0.3) is 0 Å². The summed E-state index contributed by atoms with van der Waals surface area (Å²) in [5.41, 5.74) is 3.25. The minimum absolute atomic E-state index is 0.136. The molecule has 0 fully saturated rings. The molecule has 2 rings (SSSR count). The molecule has 0 saturated heterocycles. The van der Waals surface area contributed by atoms with Crippen LogP contribution in [0.1, 0.15) is 21.6 Å². The van der Waals surface area contributed by atoms with Gasteiger partial charge in [-0.2, -0.15) is 4.98 Å². The highest BCUT2D eigenvalue weighted by molar-refractivity contribution is 5.87. The highest BCUT2D eigenvalue weighted by atomic mass is 16.5. The van der Waals surface area contributed by atoms with E-state index < -0.39 is 5.97 Å². The maximum absolute atomic E-state index is 11.6. The maximum atomic E-state index is 11.6. The number of anilines is 2. The van der Waals surface area contributed by atoms with E-state index in [0.29, 0.717) is 5.88 Å². The zero-order chi connectivity index (χ0) is 15.4. The minimum atomic E-state index is -0.542. The van der Waals surface area contributed by atoms with Gasteiger partial charge in [-0.15, -0.1) is 0 Å². The second-order valence-electron chi connectivity index (χ2n) is 4.48. The highest BCUT2D eigenvalue weighted by Crippen LogP contribution is 2.22. The van der Waals surface area contributed by atoms with Crippen molar-refractivity contribution in [3.05, 3.63) is 41.1 Å². The smallest absolute Gasteiger partial charge is 0.357 e. The van der Waals surface area contributed by atoms with Crippen LogP contribution in [0.5, 0.6) is 5.88 Å².